The van der Waals surface area contributed by atoms with Gasteiger partial charge in [-0.2, -0.15) is 0 Å². The molecule has 2 aromatic carbocycles. The second kappa shape index (κ2) is 8.64. The molecule has 2 rings (SSSR count). The fourth-order valence-electron chi connectivity index (χ4n) is 2.41. The monoisotopic (exact) mass is 396 g/mol. The Morgan fingerprint density at radius 1 is 1.08 bits per heavy atom. The number of sulfonamides is 1. The highest BCUT2D eigenvalue weighted by Gasteiger charge is 2.17. The number of quaternary nitrogens is 1. The van der Waals surface area contributed by atoms with Gasteiger partial charge in [-0.25, -0.2) is 12.7 Å². The Hall–Kier alpha value is -1.93. The predicted octanol–water partition coefficient (Wildman–Crippen LogP) is 1.24. The van der Waals surface area contributed by atoms with E-state index in [1.165, 1.54) is 26.2 Å². The maximum absolute atomic E-state index is 12.2. The zero-order valence-electron chi connectivity index (χ0n) is 15.0. The second-order valence-corrected chi connectivity index (χ2v) is 8.89. The highest BCUT2D eigenvalue weighted by Crippen LogP contribution is 2.16. The van der Waals surface area contributed by atoms with Crippen molar-refractivity contribution < 1.29 is 18.1 Å². The van der Waals surface area contributed by atoms with Gasteiger partial charge in [0, 0.05) is 30.4 Å². The van der Waals surface area contributed by atoms with Gasteiger partial charge in [-0.1, -0.05) is 23.7 Å². The van der Waals surface area contributed by atoms with E-state index < -0.39 is 10.0 Å². The van der Waals surface area contributed by atoms with Crippen LogP contribution in [0.2, 0.25) is 5.02 Å². The van der Waals surface area contributed by atoms with Gasteiger partial charge in [-0.3, -0.25) is 4.79 Å². The fraction of sp³-hybridized carbons (Fsp3) is 0.278. The average molecular weight is 397 g/mol. The molecule has 0 aliphatic carbocycles. The van der Waals surface area contributed by atoms with Crippen LogP contribution in [0.5, 0.6) is 0 Å². The Kier molecular flexibility index (Phi) is 6.77. The van der Waals surface area contributed by atoms with E-state index >= 15 is 0 Å². The molecule has 0 aliphatic heterocycles. The summed E-state index contributed by atoms with van der Waals surface area (Å²) in [5.41, 5.74) is 1.66. The normalized spacial score (nSPS) is 12.8. The quantitative estimate of drug-likeness (QED) is 0.739. The third-order valence-corrected chi connectivity index (χ3v) is 5.88. The van der Waals surface area contributed by atoms with Crippen LogP contribution in [-0.2, 0) is 21.4 Å². The molecule has 1 amide bonds. The maximum atomic E-state index is 12.2. The minimum Gasteiger partial charge on any atom is -0.326 e. The summed E-state index contributed by atoms with van der Waals surface area (Å²) in [6, 6.07) is 13.7. The number of amides is 1. The number of rotatable bonds is 7. The molecule has 2 aromatic rings. The maximum Gasteiger partial charge on any atom is 0.279 e. The van der Waals surface area contributed by atoms with E-state index in [9.17, 15) is 13.2 Å². The zero-order chi connectivity index (χ0) is 19.3. The number of carbonyl (C=O) groups is 1. The van der Waals surface area contributed by atoms with Gasteiger partial charge in [0.15, 0.2) is 6.54 Å². The number of anilines is 1. The molecule has 0 fully saturated rings. The summed E-state index contributed by atoms with van der Waals surface area (Å²) in [6.07, 6.45) is 0. The summed E-state index contributed by atoms with van der Waals surface area (Å²) < 4.78 is 25.2. The molecular weight excluding hydrogens is 374 g/mol. The Morgan fingerprint density at radius 2 is 1.65 bits per heavy atom. The summed E-state index contributed by atoms with van der Waals surface area (Å²) in [4.78, 5) is 13.4. The lowest BCUT2D eigenvalue weighted by atomic mass is 10.2. The molecule has 0 heterocycles. The summed E-state index contributed by atoms with van der Waals surface area (Å²) in [7, 11) is 1.41. The molecule has 0 bridgehead atoms. The molecule has 0 saturated heterocycles. The molecule has 1 unspecified atom stereocenters. The lowest BCUT2D eigenvalue weighted by molar-refractivity contribution is -0.885. The molecule has 1 atom stereocenters. The smallest absolute Gasteiger partial charge is 0.279 e. The molecule has 140 valence electrons. The van der Waals surface area contributed by atoms with E-state index in [0.29, 0.717) is 23.8 Å². The van der Waals surface area contributed by atoms with Crippen LogP contribution in [0, 0.1) is 0 Å². The van der Waals surface area contributed by atoms with Crippen LogP contribution in [0.4, 0.5) is 5.69 Å². The number of likely N-dealkylation sites (N-methyl/N-ethyl adjacent to an activating group) is 1. The van der Waals surface area contributed by atoms with Crippen molar-refractivity contribution in [2.45, 2.75) is 11.4 Å². The third kappa shape index (κ3) is 5.54. The number of nitrogens with one attached hydrogen (secondary N) is 2. The van der Waals surface area contributed by atoms with E-state index in [0.717, 1.165) is 14.8 Å². The van der Waals surface area contributed by atoms with Crippen molar-refractivity contribution >= 4 is 33.2 Å². The first-order valence-electron chi connectivity index (χ1n) is 8.06. The highest BCUT2D eigenvalue weighted by molar-refractivity contribution is 7.89. The minimum atomic E-state index is -3.47. The van der Waals surface area contributed by atoms with Crippen molar-refractivity contribution in [3.63, 3.8) is 0 Å². The van der Waals surface area contributed by atoms with Crippen LogP contribution in [0.1, 0.15) is 5.56 Å². The summed E-state index contributed by atoms with van der Waals surface area (Å²) in [6.45, 7) is 0.991. The molecule has 6 nitrogen and oxygen atoms in total. The van der Waals surface area contributed by atoms with Crippen LogP contribution in [0.15, 0.2) is 53.4 Å². The summed E-state index contributed by atoms with van der Waals surface area (Å²) in [5.74, 6) is -0.139. The minimum absolute atomic E-state index is 0.139. The second-order valence-electron chi connectivity index (χ2n) is 6.30. The first-order valence-corrected chi connectivity index (χ1v) is 9.88. The average Bonchev–Trinajstić information content (AvgIpc) is 2.57. The molecule has 26 heavy (non-hydrogen) atoms. The van der Waals surface area contributed by atoms with Gasteiger partial charge < -0.3 is 10.2 Å². The third-order valence-electron chi connectivity index (χ3n) is 3.80. The van der Waals surface area contributed by atoms with Crippen LogP contribution in [0.25, 0.3) is 0 Å². The van der Waals surface area contributed by atoms with Crippen LogP contribution in [-0.4, -0.2) is 46.3 Å². The first-order chi connectivity index (χ1) is 12.2. The number of hydrogen-bond donors (Lipinski definition) is 2. The van der Waals surface area contributed by atoms with Gasteiger partial charge in [0.25, 0.3) is 5.91 Å². The van der Waals surface area contributed by atoms with E-state index in [2.05, 4.69) is 5.32 Å². The molecular formula is C18H23ClN3O3S+. The number of carbonyl (C=O) groups excluding carboxylic acids is 1. The largest absolute Gasteiger partial charge is 0.326 e. The lowest BCUT2D eigenvalue weighted by Gasteiger charge is -2.14. The van der Waals surface area contributed by atoms with Gasteiger partial charge in [0.2, 0.25) is 10.0 Å². The molecule has 0 aromatic heterocycles. The predicted molar refractivity (Wildman–Crippen MR) is 103 cm³/mol. The number of hydrogen-bond acceptors (Lipinski definition) is 3. The van der Waals surface area contributed by atoms with Gasteiger partial charge in [0.1, 0.15) is 6.54 Å². The van der Waals surface area contributed by atoms with Gasteiger partial charge in [-0.15, -0.1) is 0 Å². The molecule has 2 N–H and O–H groups in total. The Bertz CT molecular complexity index is 850. The Balaban J connectivity index is 1.92. The fourth-order valence-corrected chi connectivity index (χ4v) is 3.44. The number of benzene rings is 2. The van der Waals surface area contributed by atoms with Gasteiger partial charge >= 0.3 is 0 Å². The van der Waals surface area contributed by atoms with Crippen molar-refractivity contribution in [3.05, 3.63) is 59.1 Å². The van der Waals surface area contributed by atoms with Crippen molar-refractivity contribution in [2.24, 2.45) is 0 Å². The summed E-state index contributed by atoms with van der Waals surface area (Å²) >= 11 is 5.87. The molecule has 0 saturated carbocycles. The zero-order valence-corrected chi connectivity index (χ0v) is 16.6. The molecule has 0 aliphatic rings. The molecule has 0 spiro atoms. The van der Waals surface area contributed by atoms with E-state index in [1.54, 1.807) is 12.1 Å². The topological polar surface area (TPSA) is 70.9 Å². The van der Waals surface area contributed by atoms with Gasteiger partial charge in [-0.05, 0) is 36.4 Å². The van der Waals surface area contributed by atoms with Crippen molar-refractivity contribution in [1.29, 1.82) is 0 Å². The molecule has 0 radical (unpaired) electrons. The van der Waals surface area contributed by atoms with Crippen molar-refractivity contribution in [3.8, 4) is 0 Å². The van der Waals surface area contributed by atoms with Crippen LogP contribution >= 0.6 is 11.6 Å². The first kappa shape index (κ1) is 20.4. The Labute approximate surface area is 159 Å². The van der Waals surface area contributed by atoms with Crippen LogP contribution in [0.3, 0.4) is 0 Å². The summed E-state index contributed by atoms with van der Waals surface area (Å²) in [5, 5.41) is 3.47. The van der Waals surface area contributed by atoms with Gasteiger partial charge in [0.05, 0.1) is 11.9 Å². The number of halogens is 1. The van der Waals surface area contributed by atoms with E-state index in [-0.39, 0.29) is 10.8 Å². The highest BCUT2D eigenvalue weighted by atomic mass is 35.5. The Morgan fingerprint density at radius 3 is 2.19 bits per heavy atom. The number of nitrogens with zero attached hydrogens (tertiary/aromatic N) is 1. The molecule has 8 heteroatoms. The van der Waals surface area contributed by atoms with Crippen molar-refractivity contribution in [1.82, 2.24) is 4.31 Å². The van der Waals surface area contributed by atoms with E-state index in [4.69, 9.17) is 11.6 Å². The van der Waals surface area contributed by atoms with E-state index in [1.807, 2.05) is 31.3 Å². The van der Waals surface area contributed by atoms with Crippen molar-refractivity contribution in [2.75, 3.05) is 33.0 Å². The lowest BCUT2D eigenvalue weighted by Crippen LogP contribution is -3.08. The van der Waals surface area contributed by atoms with Crippen LogP contribution < -0.4 is 10.2 Å². The SMILES string of the molecule is CN(C)S(=O)(=O)c1ccc(NC(=O)C[NH+](C)Cc2ccc(Cl)cc2)cc1. The standard InChI is InChI=1S/C18H22ClN3O3S/c1-21(2)26(24,25)17-10-8-16(9-11-17)20-18(23)13-22(3)12-14-4-6-15(19)7-5-14/h4-11H,12-13H2,1-3H3,(H,20,23)/p+1.